The Balaban J connectivity index is 1.91. The van der Waals surface area contributed by atoms with Crippen molar-refractivity contribution in [1.82, 2.24) is 10.2 Å². The van der Waals surface area contributed by atoms with E-state index in [2.05, 4.69) is 10.2 Å². The summed E-state index contributed by atoms with van der Waals surface area (Å²) in [6, 6.07) is 4.41. The average Bonchev–Trinajstić information content (AvgIpc) is 2.90. The van der Waals surface area contributed by atoms with Crippen molar-refractivity contribution in [2.75, 3.05) is 18.1 Å². The first-order chi connectivity index (χ1) is 9.26. The number of hydrogen-bond acceptors (Lipinski definition) is 6. The van der Waals surface area contributed by atoms with Crippen molar-refractivity contribution in [2.24, 2.45) is 0 Å². The molecule has 2 aromatic rings. The van der Waals surface area contributed by atoms with Gasteiger partial charge in [0.05, 0.1) is 25.4 Å². The Morgan fingerprint density at radius 1 is 1.53 bits per heavy atom. The Bertz CT molecular complexity index is 564. The van der Waals surface area contributed by atoms with Gasteiger partial charge in [0, 0.05) is 6.07 Å². The molecule has 19 heavy (non-hydrogen) atoms. The predicted octanol–water partition coefficient (Wildman–Crippen LogP) is 1.44. The van der Waals surface area contributed by atoms with Crippen LogP contribution in [0.1, 0.15) is 5.01 Å². The molecular formula is C12H12FN3O2S. The maximum Gasteiger partial charge on any atom is 0.146 e. The van der Waals surface area contributed by atoms with E-state index in [0.29, 0.717) is 18.8 Å². The van der Waals surface area contributed by atoms with Crippen LogP contribution in [0.25, 0.3) is 0 Å². The van der Waals surface area contributed by atoms with E-state index in [0.717, 1.165) is 10.7 Å². The molecule has 0 saturated carbocycles. The number of hydrogen-bond donors (Lipinski definition) is 1. The Morgan fingerprint density at radius 2 is 2.42 bits per heavy atom. The predicted molar refractivity (Wildman–Crippen MR) is 68.9 cm³/mol. The molecular weight excluding hydrogens is 269 g/mol. The van der Waals surface area contributed by atoms with Crippen LogP contribution >= 0.6 is 11.3 Å². The first-order valence-electron chi connectivity index (χ1n) is 5.83. The lowest BCUT2D eigenvalue weighted by Gasteiger charge is -2.35. The number of aliphatic hydroxyl groups is 1. The SMILES string of the molecule is OCC1CN(Cc2nncs2)c2ccc(F)cc2O1. The molecule has 1 atom stereocenters. The van der Waals surface area contributed by atoms with Gasteiger partial charge in [0.15, 0.2) is 0 Å². The number of anilines is 1. The topological polar surface area (TPSA) is 58.5 Å². The van der Waals surface area contributed by atoms with E-state index in [-0.39, 0.29) is 18.5 Å². The highest BCUT2D eigenvalue weighted by atomic mass is 32.1. The molecule has 7 heteroatoms. The number of ether oxygens (including phenoxy) is 1. The zero-order valence-corrected chi connectivity index (χ0v) is 10.8. The van der Waals surface area contributed by atoms with Crippen LogP contribution in [-0.4, -0.2) is 34.6 Å². The minimum absolute atomic E-state index is 0.109. The van der Waals surface area contributed by atoms with Crippen LogP contribution in [-0.2, 0) is 6.54 Å². The van der Waals surface area contributed by atoms with E-state index < -0.39 is 0 Å². The average molecular weight is 281 g/mol. The van der Waals surface area contributed by atoms with Gasteiger partial charge in [-0.2, -0.15) is 0 Å². The highest BCUT2D eigenvalue weighted by molar-refractivity contribution is 7.09. The summed E-state index contributed by atoms with van der Waals surface area (Å²) in [6.07, 6.45) is -0.359. The minimum atomic E-state index is -0.359. The monoisotopic (exact) mass is 281 g/mol. The lowest BCUT2D eigenvalue weighted by Crippen LogP contribution is -2.41. The summed E-state index contributed by atoms with van der Waals surface area (Å²) in [5, 5.41) is 17.9. The van der Waals surface area contributed by atoms with Gasteiger partial charge in [-0.15, -0.1) is 21.5 Å². The second kappa shape index (κ2) is 5.10. The fourth-order valence-electron chi connectivity index (χ4n) is 2.08. The maximum atomic E-state index is 13.2. The zero-order chi connectivity index (χ0) is 13.2. The standard InChI is InChI=1S/C12H12FN3O2S/c13-8-1-2-10-11(3-8)18-9(6-17)4-16(10)5-12-15-14-7-19-12/h1-3,7,9,17H,4-6H2. The summed E-state index contributed by atoms with van der Waals surface area (Å²) in [5.41, 5.74) is 2.48. The van der Waals surface area contributed by atoms with Gasteiger partial charge in [-0.1, -0.05) is 0 Å². The molecule has 0 aliphatic carbocycles. The van der Waals surface area contributed by atoms with Crippen LogP contribution in [0.15, 0.2) is 23.7 Å². The molecule has 1 aromatic carbocycles. The number of rotatable bonds is 3. The van der Waals surface area contributed by atoms with Gasteiger partial charge in [0.25, 0.3) is 0 Å². The van der Waals surface area contributed by atoms with E-state index >= 15 is 0 Å². The van der Waals surface area contributed by atoms with Crippen molar-refractivity contribution < 1.29 is 14.2 Å². The molecule has 0 amide bonds. The molecule has 0 spiro atoms. The quantitative estimate of drug-likeness (QED) is 0.922. The van der Waals surface area contributed by atoms with Crippen molar-refractivity contribution in [3.05, 3.63) is 34.5 Å². The van der Waals surface area contributed by atoms with Crippen LogP contribution < -0.4 is 9.64 Å². The number of aromatic nitrogens is 2. The third-order valence-electron chi connectivity index (χ3n) is 2.92. The zero-order valence-electron chi connectivity index (χ0n) is 9.99. The van der Waals surface area contributed by atoms with Gasteiger partial charge in [0.1, 0.15) is 28.2 Å². The Morgan fingerprint density at radius 3 is 3.16 bits per heavy atom. The van der Waals surface area contributed by atoms with E-state index in [4.69, 9.17) is 4.74 Å². The number of aliphatic hydroxyl groups excluding tert-OH is 1. The number of benzene rings is 1. The van der Waals surface area contributed by atoms with Crippen molar-refractivity contribution >= 4 is 17.0 Å². The molecule has 1 aliphatic heterocycles. The molecule has 100 valence electrons. The molecule has 1 aromatic heterocycles. The lowest BCUT2D eigenvalue weighted by atomic mass is 10.2. The van der Waals surface area contributed by atoms with Crippen molar-refractivity contribution in [3.8, 4) is 5.75 Å². The van der Waals surface area contributed by atoms with E-state index in [9.17, 15) is 9.50 Å². The Labute approximate surface area is 113 Å². The van der Waals surface area contributed by atoms with Crippen LogP contribution in [0.2, 0.25) is 0 Å². The summed E-state index contributed by atoms with van der Waals surface area (Å²) < 4.78 is 18.8. The van der Waals surface area contributed by atoms with Crippen molar-refractivity contribution in [2.45, 2.75) is 12.6 Å². The highest BCUT2D eigenvalue weighted by Gasteiger charge is 2.26. The largest absolute Gasteiger partial charge is 0.484 e. The molecule has 3 rings (SSSR count). The second-order valence-electron chi connectivity index (χ2n) is 4.25. The second-order valence-corrected chi connectivity index (χ2v) is 5.17. The third-order valence-corrected chi connectivity index (χ3v) is 3.60. The van der Waals surface area contributed by atoms with Crippen molar-refractivity contribution in [1.29, 1.82) is 0 Å². The molecule has 2 heterocycles. The van der Waals surface area contributed by atoms with E-state index in [1.807, 2.05) is 4.90 Å². The van der Waals surface area contributed by atoms with Gasteiger partial charge in [-0.3, -0.25) is 0 Å². The molecule has 0 radical (unpaired) electrons. The normalized spacial score (nSPS) is 18.0. The fourth-order valence-corrected chi connectivity index (χ4v) is 2.62. The first-order valence-corrected chi connectivity index (χ1v) is 6.71. The molecule has 0 fully saturated rings. The third kappa shape index (κ3) is 2.52. The van der Waals surface area contributed by atoms with Crippen LogP contribution in [0.4, 0.5) is 10.1 Å². The van der Waals surface area contributed by atoms with Crippen LogP contribution in [0.3, 0.4) is 0 Å². The van der Waals surface area contributed by atoms with E-state index in [1.54, 1.807) is 11.6 Å². The maximum absolute atomic E-state index is 13.2. The summed E-state index contributed by atoms with van der Waals surface area (Å²) in [4.78, 5) is 2.01. The molecule has 1 unspecified atom stereocenters. The Kier molecular flexibility index (Phi) is 3.31. The smallest absolute Gasteiger partial charge is 0.146 e. The van der Waals surface area contributed by atoms with Gasteiger partial charge < -0.3 is 14.7 Å². The number of fused-ring (bicyclic) bond motifs is 1. The summed E-state index contributed by atoms with van der Waals surface area (Å²) in [5.74, 6) is 0.100. The first kappa shape index (κ1) is 12.3. The van der Waals surface area contributed by atoms with E-state index in [1.165, 1.54) is 23.5 Å². The number of nitrogens with zero attached hydrogens (tertiary/aromatic N) is 3. The van der Waals surface area contributed by atoms with Crippen LogP contribution in [0.5, 0.6) is 5.75 Å². The van der Waals surface area contributed by atoms with Gasteiger partial charge >= 0.3 is 0 Å². The molecule has 0 bridgehead atoms. The summed E-state index contributed by atoms with van der Waals surface area (Å²) >= 11 is 1.46. The fraction of sp³-hybridized carbons (Fsp3) is 0.333. The lowest BCUT2D eigenvalue weighted by molar-refractivity contribution is 0.111. The van der Waals surface area contributed by atoms with Gasteiger partial charge in [0.2, 0.25) is 0 Å². The molecule has 1 aliphatic rings. The summed E-state index contributed by atoms with van der Waals surface area (Å²) in [6.45, 7) is 1.00. The van der Waals surface area contributed by atoms with Crippen molar-refractivity contribution in [3.63, 3.8) is 0 Å². The highest BCUT2D eigenvalue weighted by Crippen LogP contribution is 2.34. The molecule has 1 N–H and O–H groups in total. The number of halogens is 1. The molecule has 5 nitrogen and oxygen atoms in total. The minimum Gasteiger partial charge on any atom is -0.484 e. The summed E-state index contributed by atoms with van der Waals surface area (Å²) in [7, 11) is 0. The van der Waals surface area contributed by atoms with Gasteiger partial charge in [-0.05, 0) is 12.1 Å². The Hall–Kier alpha value is -1.73. The van der Waals surface area contributed by atoms with Gasteiger partial charge in [-0.25, -0.2) is 4.39 Å². The molecule has 0 saturated heterocycles. The van der Waals surface area contributed by atoms with Crippen LogP contribution in [0, 0.1) is 5.82 Å².